The van der Waals surface area contributed by atoms with Gasteiger partial charge in [-0.1, -0.05) is 11.6 Å². The van der Waals surface area contributed by atoms with Crippen LogP contribution in [0.2, 0.25) is 5.02 Å². The fourth-order valence-corrected chi connectivity index (χ4v) is 3.73. The van der Waals surface area contributed by atoms with Crippen molar-refractivity contribution in [2.24, 2.45) is 7.05 Å². The zero-order valence-electron chi connectivity index (χ0n) is 12.0. The molecule has 0 bridgehead atoms. The molecule has 1 aromatic carbocycles. The highest BCUT2D eigenvalue weighted by molar-refractivity contribution is 7.99. The monoisotopic (exact) mass is 334 g/mol. The number of aryl methyl sites for hydroxylation is 1. The van der Waals surface area contributed by atoms with Crippen LogP contribution in [0, 0.1) is 0 Å². The molecule has 0 fully saturated rings. The molecule has 3 rings (SSSR count). The number of fused-ring (bicyclic) bond motifs is 1. The van der Waals surface area contributed by atoms with Crippen molar-refractivity contribution < 1.29 is 4.79 Å². The first-order valence-electron chi connectivity index (χ1n) is 6.94. The van der Waals surface area contributed by atoms with Crippen LogP contribution in [0.5, 0.6) is 0 Å². The summed E-state index contributed by atoms with van der Waals surface area (Å²) >= 11 is 7.83. The van der Waals surface area contributed by atoms with Crippen LogP contribution >= 0.6 is 23.4 Å². The minimum atomic E-state index is -0.236. The van der Waals surface area contributed by atoms with E-state index in [1.165, 1.54) is 10.6 Å². The van der Waals surface area contributed by atoms with Crippen molar-refractivity contribution in [2.75, 3.05) is 5.75 Å². The van der Waals surface area contributed by atoms with Gasteiger partial charge in [0.05, 0.1) is 6.04 Å². The van der Waals surface area contributed by atoms with Crippen molar-refractivity contribution in [3.8, 4) is 0 Å². The number of hydrogen-bond acceptors (Lipinski definition) is 3. The van der Waals surface area contributed by atoms with E-state index < -0.39 is 0 Å². The molecule has 6 heteroatoms. The molecule has 1 aliphatic rings. The Kier molecular flexibility index (Phi) is 4.27. The number of nitrogens with one attached hydrogen (secondary N) is 1. The van der Waals surface area contributed by atoms with E-state index in [9.17, 15) is 9.59 Å². The molecule has 2 heterocycles. The van der Waals surface area contributed by atoms with Gasteiger partial charge in [-0.3, -0.25) is 9.59 Å². The van der Waals surface area contributed by atoms with E-state index in [1.54, 1.807) is 31.1 Å². The van der Waals surface area contributed by atoms with Crippen LogP contribution < -0.4 is 10.9 Å². The lowest BCUT2D eigenvalue weighted by atomic mass is 10.0. The largest absolute Gasteiger partial charge is 0.345 e. The number of benzene rings is 1. The molecule has 0 aliphatic carbocycles. The highest BCUT2D eigenvalue weighted by Crippen LogP contribution is 2.37. The SMILES string of the molecule is Cn1ccc(C(=O)N[C@H]2CCSc3ccc(Cl)cc32)cc1=O. The van der Waals surface area contributed by atoms with Gasteiger partial charge in [-0.05, 0) is 36.2 Å². The standard InChI is InChI=1S/C16H15ClN2O2S/c1-19-6-4-10(8-15(19)20)16(21)18-13-5-7-22-14-3-2-11(17)9-12(13)14/h2-4,6,8-9,13H,5,7H2,1H3,(H,18,21)/t13-/m0/s1. The van der Waals surface area contributed by atoms with Gasteiger partial charge >= 0.3 is 0 Å². The van der Waals surface area contributed by atoms with Crippen LogP contribution in [0.4, 0.5) is 0 Å². The summed E-state index contributed by atoms with van der Waals surface area (Å²) in [5.41, 5.74) is 1.22. The van der Waals surface area contributed by atoms with Crippen LogP contribution in [0.25, 0.3) is 0 Å². The van der Waals surface area contributed by atoms with Gasteiger partial charge in [-0.15, -0.1) is 11.8 Å². The molecular formula is C16H15ClN2O2S. The molecule has 1 amide bonds. The average Bonchev–Trinajstić information content (AvgIpc) is 2.50. The van der Waals surface area contributed by atoms with Gasteiger partial charge in [-0.25, -0.2) is 0 Å². The summed E-state index contributed by atoms with van der Waals surface area (Å²) in [5.74, 6) is 0.705. The molecule has 4 nitrogen and oxygen atoms in total. The lowest BCUT2D eigenvalue weighted by Gasteiger charge is -2.26. The maximum Gasteiger partial charge on any atom is 0.252 e. The van der Waals surface area contributed by atoms with Crippen LogP contribution in [-0.4, -0.2) is 16.2 Å². The number of carbonyl (C=O) groups is 1. The second kappa shape index (κ2) is 6.18. The van der Waals surface area contributed by atoms with Gasteiger partial charge in [-0.2, -0.15) is 0 Å². The molecule has 1 atom stereocenters. The number of halogens is 1. The summed E-state index contributed by atoms with van der Waals surface area (Å²) in [6, 6.07) is 8.67. The van der Waals surface area contributed by atoms with E-state index in [4.69, 9.17) is 11.6 Å². The molecule has 0 unspecified atom stereocenters. The molecule has 1 N–H and O–H groups in total. The molecule has 1 aromatic heterocycles. The lowest BCUT2D eigenvalue weighted by molar-refractivity contribution is 0.0934. The number of aromatic nitrogens is 1. The fraction of sp³-hybridized carbons (Fsp3) is 0.250. The minimum absolute atomic E-state index is 0.0773. The number of carbonyl (C=O) groups excluding carboxylic acids is 1. The Morgan fingerprint density at radius 3 is 2.95 bits per heavy atom. The molecule has 0 saturated heterocycles. The van der Waals surface area contributed by atoms with Crippen molar-refractivity contribution in [3.05, 3.63) is 63.0 Å². The summed E-state index contributed by atoms with van der Waals surface area (Å²) in [6.45, 7) is 0. The summed E-state index contributed by atoms with van der Waals surface area (Å²) in [7, 11) is 1.65. The number of thioether (sulfide) groups is 1. The Labute approximate surface area is 137 Å². The third-order valence-corrected chi connectivity index (χ3v) is 5.04. The predicted octanol–water partition coefficient (Wildman–Crippen LogP) is 3.01. The zero-order valence-corrected chi connectivity index (χ0v) is 13.6. The van der Waals surface area contributed by atoms with Crippen LogP contribution in [0.3, 0.4) is 0 Å². The summed E-state index contributed by atoms with van der Waals surface area (Å²) in [5, 5.41) is 3.67. The van der Waals surface area contributed by atoms with E-state index >= 15 is 0 Å². The Bertz CT molecular complexity index is 788. The van der Waals surface area contributed by atoms with E-state index in [0.717, 1.165) is 22.6 Å². The van der Waals surface area contributed by atoms with Crippen LogP contribution in [0.15, 0.2) is 46.2 Å². The number of hydrogen-bond donors (Lipinski definition) is 1. The molecule has 0 radical (unpaired) electrons. The lowest BCUT2D eigenvalue weighted by Crippen LogP contribution is -2.31. The maximum absolute atomic E-state index is 12.4. The molecule has 0 saturated carbocycles. The van der Waals surface area contributed by atoms with Gasteiger partial charge in [0.25, 0.3) is 11.5 Å². The number of amides is 1. The average molecular weight is 335 g/mol. The molecule has 1 aliphatic heterocycles. The highest BCUT2D eigenvalue weighted by atomic mass is 35.5. The van der Waals surface area contributed by atoms with Crippen LogP contribution in [-0.2, 0) is 7.05 Å². The second-order valence-electron chi connectivity index (χ2n) is 5.21. The Morgan fingerprint density at radius 2 is 2.18 bits per heavy atom. The van der Waals surface area contributed by atoms with E-state index in [-0.39, 0.29) is 17.5 Å². The van der Waals surface area contributed by atoms with Crippen molar-refractivity contribution in [2.45, 2.75) is 17.4 Å². The first kappa shape index (κ1) is 15.2. The zero-order chi connectivity index (χ0) is 15.7. The maximum atomic E-state index is 12.4. The van der Waals surface area contributed by atoms with Crippen molar-refractivity contribution in [1.29, 1.82) is 0 Å². The minimum Gasteiger partial charge on any atom is -0.345 e. The fourth-order valence-electron chi connectivity index (χ4n) is 2.45. The van der Waals surface area contributed by atoms with E-state index in [2.05, 4.69) is 5.32 Å². The molecule has 2 aromatic rings. The Balaban J connectivity index is 1.85. The van der Waals surface area contributed by atoms with Gasteiger partial charge < -0.3 is 9.88 Å². The smallest absolute Gasteiger partial charge is 0.252 e. The Hall–Kier alpha value is -1.72. The topological polar surface area (TPSA) is 51.1 Å². The molecule has 114 valence electrons. The van der Waals surface area contributed by atoms with E-state index in [0.29, 0.717) is 10.6 Å². The third-order valence-electron chi connectivity index (χ3n) is 3.68. The number of pyridine rings is 1. The second-order valence-corrected chi connectivity index (χ2v) is 6.78. The van der Waals surface area contributed by atoms with Gasteiger partial charge in [0.2, 0.25) is 0 Å². The first-order chi connectivity index (χ1) is 10.5. The molecular weight excluding hydrogens is 320 g/mol. The number of nitrogens with zero attached hydrogens (tertiary/aromatic N) is 1. The predicted molar refractivity (Wildman–Crippen MR) is 88.7 cm³/mol. The van der Waals surface area contributed by atoms with Crippen LogP contribution in [0.1, 0.15) is 28.4 Å². The molecule has 0 spiro atoms. The summed E-state index contributed by atoms with van der Waals surface area (Å²) in [4.78, 5) is 25.2. The first-order valence-corrected chi connectivity index (χ1v) is 8.31. The Morgan fingerprint density at radius 1 is 1.36 bits per heavy atom. The van der Waals surface area contributed by atoms with Crippen molar-refractivity contribution >= 4 is 29.3 Å². The summed E-state index contributed by atoms with van der Waals surface area (Å²) < 4.78 is 1.43. The van der Waals surface area contributed by atoms with Gasteiger partial charge in [0, 0.05) is 40.5 Å². The van der Waals surface area contributed by atoms with E-state index in [1.807, 2.05) is 18.2 Å². The molecule has 22 heavy (non-hydrogen) atoms. The van der Waals surface area contributed by atoms with Gasteiger partial charge in [0.1, 0.15) is 0 Å². The third kappa shape index (κ3) is 3.05. The summed E-state index contributed by atoms with van der Waals surface area (Å²) in [6.07, 6.45) is 2.44. The highest BCUT2D eigenvalue weighted by Gasteiger charge is 2.23. The normalized spacial score (nSPS) is 16.9. The number of rotatable bonds is 2. The van der Waals surface area contributed by atoms with Crippen molar-refractivity contribution in [3.63, 3.8) is 0 Å². The van der Waals surface area contributed by atoms with Crippen molar-refractivity contribution in [1.82, 2.24) is 9.88 Å². The quantitative estimate of drug-likeness (QED) is 0.918. The van der Waals surface area contributed by atoms with Gasteiger partial charge in [0.15, 0.2) is 0 Å².